The Morgan fingerprint density at radius 1 is 1.47 bits per heavy atom. The SMILES string of the molecule is CCNCC(C)c1nc(-c2cccnc2)no1. The molecule has 90 valence electrons. The molecule has 0 radical (unpaired) electrons. The van der Waals surface area contributed by atoms with Crippen LogP contribution in [0.5, 0.6) is 0 Å². The molecule has 0 saturated carbocycles. The Kier molecular flexibility index (Phi) is 3.82. The van der Waals surface area contributed by atoms with E-state index in [1.165, 1.54) is 0 Å². The van der Waals surface area contributed by atoms with Gasteiger partial charge in [0.15, 0.2) is 0 Å². The zero-order chi connectivity index (χ0) is 12.1. The molecule has 0 saturated heterocycles. The van der Waals surface area contributed by atoms with Crippen molar-refractivity contribution in [1.82, 2.24) is 20.4 Å². The van der Waals surface area contributed by atoms with Crippen molar-refractivity contribution in [1.29, 1.82) is 0 Å². The average molecular weight is 232 g/mol. The number of likely N-dealkylation sites (N-methyl/N-ethyl adjacent to an activating group) is 1. The smallest absolute Gasteiger partial charge is 0.231 e. The fourth-order valence-corrected chi connectivity index (χ4v) is 1.50. The second-order valence-corrected chi connectivity index (χ2v) is 3.91. The summed E-state index contributed by atoms with van der Waals surface area (Å²) < 4.78 is 5.25. The summed E-state index contributed by atoms with van der Waals surface area (Å²) in [5.41, 5.74) is 0.873. The first-order valence-electron chi connectivity index (χ1n) is 5.76. The molecule has 2 aromatic rings. The Morgan fingerprint density at radius 2 is 2.35 bits per heavy atom. The van der Waals surface area contributed by atoms with Crippen molar-refractivity contribution >= 4 is 0 Å². The first-order chi connectivity index (χ1) is 8.31. The number of nitrogens with zero attached hydrogens (tertiary/aromatic N) is 3. The summed E-state index contributed by atoms with van der Waals surface area (Å²) in [4.78, 5) is 8.41. The lowest BCUT2D eigenvalue weighted by Gasteiger charge is -2.05. The topological polar surface area (TPSA) is 63.8 Å². The van der Waals surface area contributed by atoms with Gasteiger partial charge in [-0.3, -0.25) is 4.98 Å². The maximum atomic E-state index is 5.25. The predicted octanol–water partition coefficient (Wildman–Crippen LogP) is 1.84. The van der Waals surface area contributed by atoms with Gasteiger partial charge in [0, 0.05) is 30.4 Å². The third-order valence-corrected chi connectivity index (χ3v) is 2.48. The molecule has 0 aliphatic heterocycles. The summed E-state index contributed by atoms with van der Waals surface area (Å²) in [5, 5.41) is 7.22. The Hall–Kier alpha value is -1.75. The molecule has 0 aliphatic rings. The van der Waals surface area contributed by atoms with E-state index in [0.717, 1.165) is 18.7 Å². The third kappa shape index (κ3) is 2.88. The molecular formula is C12H16N4O. The highest BCUT2D eigenvalue weighted by Crippen LogP contribution is 2.18. The van der Waals surface area contributed by atoms with Crippen molar-refractivity contribution < 1.29 is 4.52 Å². The molecule has 2 aromatic heterocycles. The van der Waals surface area contributed by atoms with Gasteiger partial charge in [-0.05, 0) is 18.7 Å². The highest BCUT2D eigenvalue weighted by Gasteiger charge is 2.14. The average Bonchev–Trinajstić information content (AvgIpc) is 2.86. The van der Waals surface area contributed by atoms with Crippen molar-refractivity contribution in [2.45, 2.75) is 19.8 Å². The van der Waals surface area contributed by atoms with E-state index in [1.807, 2.05) is 12.1 Å². The summed E-state index contributed by atoms with van der Waals surface area (Å²) in [6.07, 6.45) is 3.45. The van der Waals surface area contributed by atoms with Crippen LogP contribution in [0.1, 0.15) is 25.7 Å². The van der Waals surface area contributed by atoms with Crippen molar-refractivity contribution in [3.63, 3.8) is 0 Å². The van der Waals surface area contributed by atoms with Gasteiger partial charge in [0.2, 0.25) is 11.7 Å². The van der Waals surface area contributed by atoms with Crippen LogP contribution in [0.4, 0.5) is 0 Å². The zero-order valence-electron chi connectivity index (χ0n) is 10.1. The lowest BCUT2D eigenvalue weighted by molar-refractivity contribution is 0.355. The fraction of sp³-hybridized carbons (Fsp3) is 0.417. The van der Waals surface area contributed by atoms with Crippen LogP contribution >= 0.6 is 0 Å². The first-order valence-corrected chi connectivity index (χ1v) is 5.76. The third-order valence-electron chi connectivity index (χ3n) is 2.48. The Balaban J connectivity index is 2.11. The summed E-state index contributed by atoms with van der Waals surface area (Å²) in [6.45, 7) is 5.91. The molecule has 0 spiro atoms. The zero-order valence-corrected chi connectivity index (χ0v) is 10.1. The second-order valence-electron chi connectivity index (χ2n) is 3.91. The van der Waals surface area contributed by atoms with Crippen molar-refractivity contribution in [2.75, 3.05) is 13.1 Å². The molecule has 5 heteroatoms. The van der Waals surface area contributed by atoms with Crippen LogP contribution < -0.4 is 5.32 Å². The maximum absolute atomic E-state index is 5.25. The minimum absolute atomic E-state index is 0.216. The minimum atomic E-state index is 0.216. The van der Waals surface area contributed by atoms with Crippen LogP contribution in [-0.2, 0) is 0 Å². The Morgan fingerprint density at radius 3 is 3.06 bits per heavy atom. The van der Waals surface area contributed by atoms with E-state index >= 15 is 0 Å². The monoisotopic (exact) mass is 232 g/mol. The number of pyridine rings is 1. The van der Waals surface area contributed by atoms with Crippen LogP contribution in [0.15, 0.2) is 29.0 Å². The van der Waals surface area contributed by atoms with Gasteiger partial charge in [-0.25, -0.2) is 0 Å². The summed E-state index contributed by atoms with van der Waals surface area (Å²) in [6, 6.07) is 3.77. The quantitative estimate of drug-likeness (QED) is 0.852. The van der Waals surface area contributed by atoms with Gasteiger partial charge in [0.25, 0.3) is 0 Å². The van der Waals surface area contributed by atoms with E-state index in [2.05, 4.69) is 34.3 Å². The Bertz CT molecular complexity index is 455. The molecule has 0 aliphatic carbocycles. The summed E-state index contributed by atoms with van der Waals surface area (Å²) in [5.74, 6) is 1.47. The standard InChI is InChI=1S/C12H16N4O/c1-3-13-7-9(2)12-15-11(16-17-12)10-5-4-6-14-8-10/h4-6,8-9,13H,3,7H2,1-2H3. The van der Waals surface area contributed by atoms with Crippen LogP contribution in [0.25, 0.3) is 11.4 Å². The molecule has 0 aromatic carbocycles. The lowest BCUT2D eigenvalue weighted by atomic mass is 10.2. The van der Waals surface area contributed by atoms with Crippen LogP contribution in [0.2, 0.25) is 0 Å². The van der Waals surface area contributed by atoms with Gasteiger partial charge in [-0.15, -0.1) is 0 Å². The molecule has 1 unspecified atom stereocenters. The van der Waals surface area contributed by atoms with Crippen molar-refractivity contribution in [2.24, 2.45) is 0 Å². The predicted molar refractivity (Wildman–Crippen MR) is 64.5 cm³/mol. The Labute approximate surface area is 100 Å². The van der Waals surface area contributed by atoms with Gasteiger partial charge >= 0.3 is 0 Å². The molecule has 17 heavy (non-hydrogen) atoms. The molecule has 2 heterocycles. The number of hydrogen-bond donors (Lipinski definition) is 1. The van der Waals surface area contributed by atoms with Crippen LogP contribution in [0, 0.1) is 0 Å². The maximum Gasteiger partial charge on any atom is 0.231 e. The van der Waals surface area contributed by atoms with Gasteiger partial charge in [0.1, 0.15) is 0 Å². The summed E-state index contributed by atoms with van der Waals surface area (Å²) in [7, 11) is 0. The van der Waals surface area contributed by atoms with E-state index in [4.69, 9.17) is 4.52 Å². The number of hydrogen-bond acceptors (Lipinski definition) is 5. The lowest BCUT2D eigenvalue weighted by Crippen LogP contribution is -2.19. The van der Waals surface area contributed by atoms with E-state index in [0.29, 0.717) is 11.7 Å². The van der Waals surface area contributed by atoms with Crippen molar-refractivity contribution in [3.05, 3.63) is 30.4 Å². The minimum Gasteiger partial charge on any atom is -0.339 e. The highest BCUT2D eigenvalue weighted by atomic mass is 16.5. The van der Waals surface area contributed by atoms with Gasteiger partial charge in [0.05, 0.1) is 0 Å². The number of aromatic nitrogens is 3. The van der Waals surface area contributed by atoms with E-state index < -0.39 is 0 Å². The largest absolute Gasteiger partial charge is 0.339 e. The number of rotatable bonds is 5. The summed E-state index contributed by atoms with van der Waals surface area (Å²) >= 11 is 0. The van der Waals surface area contributed by atoms with Gasteiger partial charge in [-0.1, -0.05) is 19.0 Å². The van der Waals surface area contributed by atoms with Gasteiger partial charge in [-0.2, -0.15) is 4.98 Å². The molecular weight excluding hydrogens is 216 g/mol. The molecule has 0 amide bonds. The molecule has 1 atom stereocenters. The second kappa shape index (κ2) is 5.54. The molecule has 5 nitrogen and oxygen atoms in total. The normalized spacial score (nSPS) is 12.6. The molecule has 0 bridgehead atoms. The van der Waals surface area contributed by atoms with Gasteiger partial charge < -0.3 is 9.84 Å². The fourth-order valence-electron chi connectivity index (χ4n) is 1.50. The van der Waals surface area contributed by atoms with Crippen LogP contribution in [0.3, 0.4) is 0 Å². The van der Waals surface area contributed by atoms with E-state index in [-0.39, 0.29) is 5.92 Å². The van der Waals surface area contributed by atoms with Crippen LogP contribution in [-0.4, -0.2) is 28.2 Å². The molecule has 1 N–H and O–H groups in total. The van der Waals surface area contributed by atoms with E-state index in [9.17, 15) is 0 Å². The van der Waals surface area contributed by atoms with Crippen molar-refractivity contribution in [3.8, 4) is 11.4 Å². The van der Waals surface area contributed by atoms with E-state index in [1.54, 1.807) is 12.4 Å². The first kappa shape index (κ1) is 11.7. The highest BCUT2D eigenvalue weighted by molar-refractivity contribution is 5.51. The number of nitrogens with one attached hydrogen (secondary N) is 1. The molecule has 2 rings (SSSR count). The molecule has 0 fully saturated rings.